The molecular formula is C30H33N3O5S. The fourth-order valence-corrected chi connectivity index (χ4v) is 5.75. The third kappa shape index (κ3) is 5.93. The van der Waals surface area contributed by atoms with Crippen LogP contribution in [0.1, 0.15) is 42.7 Å². The lowest BCUT2D eigenvalue weighted by atomic mass is 9.98. The SMILES string of the molecule is CC(C)(C)OC(=O)N1CCN(C(=O)OCC2c3ccccc3-c3ccccc32)CC1C(=O)NCc1cccs1. The van der Waals surface area contributed by atoms with Gasteiger partial charge in [-0.15, -0.1) is 11.3 Å². The molecule has 1 N–H and O–H groups in total. The molecule has 204 valence electrons. The number of amides is 3. The summed E-state index contributed by atoms with van der Waals surface area (Å²) in [6, 6.07) is 19.3. The Morgan fingerprint density at radius 1 is 0.923 bits per heavy atom. The summed E-state index contributed by atoms with van der Waals surface area (Å²) in [6.45, 7) is 6.30. The van der Waals surface area contributed by atoms with Gasteiger partial charge in [0.1, 0.15) is 18.2 Å². The van der Waals surface area contributed by atoms with Crippen molar-refractivity contribution in [1.29, 1.82) is 0 Å². The lowest BCUT2D eigenvalue weighted by molar-refractivity contribution is -0.128. The minimum atomic E-state index is -0.894. The molecule has 0 saturated carbocycles. The summed E-state index contributed by atoms with van der Waals surface area (Å²) in [4.78, 5) is 43.4. The summed E-state index contributed by atoms with van der Waals surface area (Å²) >= 11 is 1.54. The number of rotatable bonds is 5. The van der Waals surface area contributed by atoms with Crippen molar-refractivity contribution >= 4 is 29.4 Å². The predicted octanol–water partition coefficient (Wildman–Crippen LogP) is 5.23. The fraction of sp³-hybridized carbons (Fsp3) is 0.367. The van der Waals surface area contributed by atoms with Crippen molar-refractivity contribution in [1.82, 2.24) is 15.1 Å². The second-order valence-electron chi connectivity index (χ2n) is 10.7. The first-order valence-electron chi connectivity index (χ1n) is 13.1. The smallest absolute Gasteiger partial charge is 0.411 e. The van der Waals surface area contributed by atoms with Gasteiger partial charge in [-0.3, -0.25) is 9.69 Å². The Balaban J connectivity index is 1.27. The van der Waals surface area contributed by atoms with Crippen molar-refractivity contribution in [3.63, 3.8) is 0 Å². The zero-order valence-corrected chi connectivity index (χ0v) is 23.2. The van der Waals surface area contributed by atoms with Crippen molar-refractivity contribution < 1.29 is 23.9 Å². The standard InChI is InChI=1S/C30H33N3O5S/c1-30(2,3)38-29(36)33-15-14-32(18-26(33)27(34)31-17-20-9-8-16-39-20)28(35)37-19-25-23-12-6-4-10-21(23)22-11-5-7-13-24(22)25/h4-13,16,25-26H,14-15,17-19H2,1-3H3,(H,31,34). The number of benzene rings is 2. The van der Waals surface area contributed by atoms with E-state index in [-0.39, 0.29) is 38.1 Å². The van der Waals surface area contributed by atoms with Crippen LogP contribution in [0, 0.1) is 0 Å². The largest absolute Gasteiger partial charge is 0.448 e. The molecule has 3 amide bonds. The minimum Gasteiger partial charge on any atom is -0.448 e. The number of fused-ring (bicyclic) bond motifs is 3. The van der Waals surface area contributed by atoms with E-state index in [4.69, 9.17) is 9.47 Å². The molecule has 9 heteroatoms. The molecule has 0 spiro atoms. The highest BCUT2D eigenvalue weighted by molar-refractivity contribution is 7.09. The van der Waals surface area contributed by atoms with E-state index in [2.05, 4.69) is 29.6 Å². The van der Waals surface area contributed by atoms with E-state index >= 15 is 0 Å². The molecule has 2 heterocycles. The topological polar surface area (TPSA) is 88.2 Å². The van der Waals surface area contributed by atoms with E-state index in [0.29, 0.717) is 6.54 Å². The second-order valence-corrected chi connectivity index (χ2v) is 11.8. The highest BCUT2D eigenvalue weighted by Gasteiger charge is 2.40. The highest BCUT2D eigenvalue weighted by Crippen LogP contribution is 2.44. The first-order chi connectivity index (χ1) is 18.7. The van der Waals surface area contributed by atoms with Crippen LogP contribution in [0.5, 0.6) is 0 Å². The summed E-state index contributed by atoms with van der Waals surface area (Å²) in [5.41, 5.74) is 3.86. The highest BCUT2D eigenvalue weighted by atomic mass is 32.1. The van der Waals surface area contributed by atoms with E-state index in [1.807, 2.05) is 41.8 Å². The van der Waals surface area contributed by atoms with Crippen molar-refractivity contribution in [2.75, 3.05) is 26.2 Å². The Labute approximate surface area is 232 Å². The number of carbonyl (C=O) groups is 3. The number of hydrogen-bond acceptors (Lipinski definition) is 6. The Morgan fingerprint density at radius 2 is 1.59 bits per heavy atom. The molecule has 5 rings (SSSR count). The number of thiophene rings is 1. The molecule has 1 unspecified atom stereocenters. The van der Waals surface area contributed by atoms with Crippen LogP contribution in [0.3, 0.4) is 0 Å². The molecule has 2 aliphatic rings. The normalized spacial score (nSPS) is 16.8. The molecule has 1 aliphatic carbocycles. The number of nitrogens with zero attached hydrogens (tertiary/aromatic N) is 2. The van der Waals surface area contributed by atoms with Crippen molar-refractivity contribution in [2.24, 2.45) is 0 Å². The van der Waals surface area contributed by atoms with Gasteiger partial charge in [-0.25, -0.2) is 9.59 Å². The van der Waals surface area contributed by atoms with Gasteiger partial charge >= 0.3 is 12.2 Å². The van der Waals surface area contributed by atoms with Crippen LogP contribution < -0.4 is 5.32 Å². The van der Waals surface area contributed by atoms with Gasteiger partial charge in [-0.1, -0.05) is 54.6 Å². The van der Waals surface area contributed by atoms with Crippen LogP contribution in [0.25, 0.3) is 11.1 Å². The Hall–Kier alpha value is -3.85. The molecule has 1 saturated heterocycles. The monoisotopic (exact) mass is 547 g/mol. The maximum absolute atomic E-state index is 13.2. The molecule has 1 fully saturated rings. The van der Waals surface area contributed by atoms with Crippen molar-refractivity contribution in [3.05, 3.63) is 82.0 Å². The number of ether oxygens (including phenoxy) is 2. The van der Waals surface area contributed by atoms with Crippen molar-refractivity contribution in [2.45, 2.75) is 44.9 Å². The van der Waals surface area contributed by atoms with Gasteiger partial charge < -0.3 is 19.7 Å². The fourth-order valence-electron chi connectivity index (χ4n) is 5.10. The van der Waals surface area contributed by atoms with Gasteiger partial charge in [-0.05, 0) is 54.5 Å². The van der Waals surface area contributed by atoms with Gasteiger partial charge in [-0.2, -0.15) is 0 Å². The average Bonchev–Trinajstić information content (AvgIpc) is 3.55. The van der Waals surface area contributed by atoms with E-state index in [1.54, 1.807) is 20.8 Å². The Bertz CT molecular complexity index is 1310. The number of piperazine rings is 1. The third-order valence-corrected chi connectivity index (χ3v) is 7.80. The maximum atomic E-state index is 13.2. The molecule has 39 heavy (non-hydrogen) atoms. The van der Waals surface area contributed by atoms with Crippen LogP contribution in [-0.4, -0.2) is 65.8 Å². The molecule has 0 radical (unpaired) electrons. The summed E-state index contributed by atoms with van der Waals surface area (Å²) in [7, 11) is 0. The molecule has 3 aromatic rings. The molecule has 0 bridgehead atoms. The first-order valence-corrected chi connectivity index (χ1v) is 14.0. The Kier molecular flexibility index (Phi) is 7.61. The van der Waals surface area contributed by atoms with Gasteiger partial charge in [0, 0.05) is 23.9 Å². The van der Waals surface area contributed by atoms with Crippen molar-refractivity contribution in [3.8, 4) is 11.1 Å². The number of carbonyl (C=O) groups excluding carboxylic acids is 3. The lowest BCUT2D eigenvalue weighted by Crippen LogP contribution is -2.62. The zero-order chi connectivity index (χ0) is 27.6. The Morgan fingerprint density at radius 3 is 2.21 bits per heavy atom. The van der Waals surface area contributed by atoms with E-state index in [0.717, 1.165) is 27.1 Å². The molecule has 8 nitrogen and oxygen atoms in total. The first kappa shape index (κ1) is 26.7. The van der Waals surface area contributed by atoms with Crippen LogP contribution in [-0.2, 0) is 20.8 Å². The van der Waals surface area contributed by atoms with Gasteiger partial charge in [0.15, 0.2) is 0 Å². The third-order valence-electron chi connectivity index (χ3n) is 6.92. The summed E-state index contributed by atoms with van der Waals surface area (Å²) in [5, 5.41) is 4.84. The van der Waals surface area contributed by atoms with Gasteiger partial charge in [0.05, 0.1) is 13.1 Å². The molecule has 2 aromatic carbocycles. The summed E-state index contributed by atoms with van der Waals surface area (Å²) < 4.78 is 11.4. The summed E-state index contributed by atoms with van der Waals surface area (Å²) in [5.74, 6) is -0.403. The van der Waals surface area contributed by atoms with E-state index in [1.165, 1.54) is 21.1 Å². The molecule has 1 aromatic heterocycles. The average molecular weight is 548 g/mol. The number of hydrogen-bond donors (Lipinski definition) is 1. The van der Waals surface area contributed by atoms with Crippen LogP contribution in [0.2, 0.25) is 0 Å². The minimum absolute atomic E-state index is 0.0200. The quantitative estimate of drug-likeness (QED) is 0.472. The molecular weight excluding hydrogens is 514 g/mol. The predicted molar refractivity (Wildman–Crippen MR) is 150 cm³/mol. The maximum Gasteiger partial charge on any atom is 0.411 e. The van der Waals surface area contributed by atoms with Crippen LogP contribution in [0.4, 0.5) is 9.59 Å². The van der Waals surface area contributed by atoms with Gasteiger partial charge in [0.2, 0.25) is 5.91 Å². The van der Waals surface area contributed by atoms with E-state index in [9.17, 15) is 14.4 Å². The number of nitrogens with one attached hydrogen (secondary N) is 1. The van der Waals surface area contributed by atoms with Crippen LogP contribution in [0.15, 0.2) is 66.0 Å². The van der Waals surface area contributed by atoms with E-state index < -0.39 is 23.8 Å². The molecule has 1 atom stereocenters. The second kappa shape index (κ2) is 11.1. The zero-order valence-electron chi connectivity index (χ0n) is 22.4. The lowest BCUT2D eigenvalue weighted by Gasteiger charge is -2.40. The van der Waals surface area contributed by atoms with Crippen LogP contribution >= 0.6 is 11.3 Å². The molecule has 1 aliphatic heterocycles. The summed E-state index contributed by atoms with van der Waals surface area (Å²) in [6.07, 6.45) is -1.08. The van der Waals surface area contributed by atoms with Gasteiger partial charge in [0.25, 0.3) is 0 Å².